The van der Waals surface area contributed by atoms with Gasteiger partial charge < -0.3 is 25.1 Å². The molecule has 0 aliphatic carbocycles. The van der Waals surface area contributed by atoms with E-state index >= 15 is 0 Å². The number of hydrogen-bond donors (Lipinski definition) is 4. The van der Waals surface area contributed by atoms with Gasteiger partial charge in [-0.2, -0.15) is 0 Å². The number of carbonyl (C=O) groups excluding carboxylic acids is 2. The molecule has 2 amide bonds. The van der Waals surface area contributed by atoms with Gasteiger partial charge in [0.05, 0.1) is 39.8 Å². The van der Waals surface area contributed by atoms with Crippen LogP contribution in [0.4, 0.5) is 0 Å². The standard InChI is InChI=1S/C26H54N4O3/c1-25(2,3)20-22(31)21-30(8,9)19-13-17-28-24(33)15-11-10-14-23(32)27-16-12-18-29(7)26(4,5)6/h22,31H,10-21H2,1-9H3,(H-,27,28,32,33)/p+2. The number of aliphatic hydroxyl groups excluding tert-OH is 1. The van der Waals surface area contributed by atoms with Crippen LogP contribution >= 0.6 is 0 Å². The number of unbranched alkanes of at least 4 members (excludes halogenated alkanes) is 1. The summed E-state index contributed by atoms with van der Waals surface area (Å²) in [5.41, 5.74) is 0.354. The van der Waals surface area contributed by atoms with E-state index in [1.165, 1.54) is 4.90 Å². The lowest BCUT2D eigenvalue weighted by Crippen LogP contribution is -3.16. The third-order valence-corrected chi connectivity index (χ3v) is 6.20. The second-order valence-electron chi connectivity index (χ2n) is 12.7. The van der Waals surface area contributed by atoms with Crippen LogP contribution in [0.3, 0.4) is 0 Å². The molecule has 7 nitrogen and oxygen atoms in total. The Kier molecular flexibility index (Phi) is 14.4. The number of rotatable bonds is 16. The summed E-state index contributed by atoms with van der Waals surface area (Å²) < 4.78 is 0.746. The topological polar surface area (TPSA) is 82.9 Å². The van der Waals surface area contributed by atoms with Crippen LogP contribution in [0.5, 0.6) is 0 Å². The van der Waals surface area contributed by atoms with Crippen molar-refractivity contribution in [2.75, 3.05) is 53.9 Å². The van der Waals surface area contributed by atoms with E-state index in [-0.39, 0.29) is 28.9 Å². The van der Waals surface area contributed by atoms with Gasteiger partial charge in [0.1, 0.15) is 12.6 Å². The van der Waals surface area contributed by atoms with Gasteiger partial charge in [0.15, 0.2) is 0 Å². The Labute approximate surface area is 204 Å². The Morgan fingerprint density at radius 2 is 1.36 bits per heavy atom. The lowest BCUT2D eigenvalue weighted by atomic mass is 9.89. The van der Waals surface area contributed by atoms with Gasteiger partial charge in [0.2, 0.25) is 11.8 Å². The normalized spacial score (nSPS) is 14.6. The third-order valence-electron chi connectivity index (χ3n) is 6.20. The first-order chi connectivity index (χ1) is 15.0. The molecule has 0 spiro atoms. The van der Waals surface area contributed by atoms with Crippen molar-refractivity contribution in [1.29, 1.82) is 0 Å². The lowest BCUT2D eigenvalue weighted by molar-refractivity contribution is -0.927. The number of nitrogens with zero attached hydrogens (tertiary/aromatic N) is 1. The highest BCUT2D eigenvalue weighted by Gasteiger charge is 2.24. The van der Waals surface area contributed by atoms with Crippen LogP contribution in [-0.2, 0) is 9.59 Å². The van der Waals surface area contributed by atoms with Gasteiger partial charge in [0, 0.05) is 38.8 Å². The molecule has 2 atom stereocenters. The summed E-state index contributed by atoms with van der Waals surface area (Å²) in [5.74, 6) is 0.138. The first kappa shape index (κ1) is 31.8. The number of amides is 2. The lowest BCUT2D eigenvalue weighted by Gasteiger charge is -2.33. The zero-order chi connectivity index (χ0) is 25.7. The van der Waals surface area contributed by atoms with E-state index in [1.54, 1.807) is 0 Å². The number of carbonyl (C=O) groups is 2. The maximum absolute atomic E-state index is 12.0. The first-order valence-corrected chi connectivity index (χ1v) is 12.9. The number of nitrogens with one attached hydrogen (secondary N) is 3. The molecule has 33 heavy (non-hydrogen) atoms. The van der Waals surface area contributed by atoms with Gasteiger partial charge in [-0.3, -0.25) is 9.59 Å². The summed E-state index contributed by atoms with van der Waals surface area (Å²) in [6, 6.07) is 0. The van der Waals surface area contributed by atoms with Crippen LogP contribution in [0.25, 0.3) is 0 Å². The Morgan fingerprint density at radius 3 is 1.82 bits per heavy atom. The largest absolute Gasteiger partial charge is 0.387 e. The highest BCUT2D eigenvalue weighted by Crippen LogP contribution is 2.21. The Bertz CT molecular complexity index is 565. The minimum absolute atomic E-state index is 0.0571. The molecule has 0 aliphatic heterocycles. The van der Waals surface area contributed by atoms with Crippen LogP contribution in [0.1, 0.15) is 86.5 Å². The molecule has 0 aliphatic rings. The zero-order valence-corrected chi connectivity index (χ0v) is 23.3. The number of quaternary nitrogens is 2. The van der Waals surface area contributed by atoms with Crippen molar-refractivity contribution in [3.8, 4) is 0 Å². The number of likely N-dealkylation sites (N-methyl/N-ethyl adjacent to an activating group) is 1. The van der Waals surface area contributed by atoms with E-state index in [2.05, 4.69) is 73.3 Å². The van der Waals surface area contributed by atoms with Crippen molar-refractivity contribution in [3.05, 3.63) is 0 Å². The van der Waals surface area contributed by atoms with Crippen LogP contribution in [0.2, 0.25) is 0 Å². The summed E-state index contributed by atoms with van der Waals surface area (Å²) >= 11 is 0. The van der Waals surface area contributed by atoms with E-state index in [4.69, 9.17) is 0 Å². The maximum Gasteiger partial charge on any atom is 0.219 e. The van der Waals surface area contributed by atoms with Crippen LogP contribution < -0.4 is 15.5 Å². The van der Waals surface area contributed by atoms with E-state index in [1.807, 2.05) is 0 Å². The number of aliphatic hydroxyl groups is 1. The highest BCUT2D eigenvalue weighted by molar-refractivity contribution is 5.77. The predicted molar refractivity (Wildman–Crippen MR) is 137 cm³/mol. The fraction of sp³-hybridized carbons (Fsp3) is 0.923. The van der Waals surface area contributed by atoms with E-state index in [9.17, 15) is 14.7 Å². The second kappa shape index (κ2) is 14.9. The Balaban J connectivity index is 3.81. The maximum atomic E-state index is 12.0. The smallest absolute Gasteiger partial charge is 0.219 e. The molecule has 0 saturated carbocycles. The minimum Gasteiger partial charge on any atom is -0.387 e. The van der Waals surface area contributed by atoms with Crippen LogP contribution in [-0.4, -0.2) is 86.9 Å². The molecule has 0 rings (SSSR count). The Morgan fingerprint density at radius 1 is 0.879 bits per heavy atom. The SMILES string of the molecule is C[NH+](CCCNC(=O)CCCCC(=O)NCCC[N+](C)(C)CC(O)CC(C)(C)C)C(C)(C)C. The molecule has 0 saturated heterocycles. The molecule has 0 aromatic rings. The van der Waals surface area contributed by atoms with Crippen molar-refractivity contribution in [2.45, 2.75) is 98.1 Å². The molecule has 0 aromatic carbocycles. The van der Waals surface area contributed by atoms with Crippen LogP contribution in [0.15, 0.2) is 0 Å². The van der Waals surface area contributed by atoms with Crippen molar-refractivity contribution >= 4 is 11.8 Å². The molecule has 7 heteroatoms. The predicted octanol–water partition coefficient (Wildman–Crippen LogP) is 1.75. The summed E-state index contributed by atoms with van der Waals surface area (Å²) in [4.78, 5) is 25.5. The molecular formula is C26H56N4O3+2. The highest BCUT2D eigenvalue weighted by atomic mass is 16.3. The average molecular weight is 473 g/mol. The molecule has 2 unspecified atom stereocenters. The van der Waals surface area contributed by atoms with E-state index in [0.29, 0.717) is 19.4 Å². The van der Waals surface area contributed by atoms with Gasteiger partial charge >= 0.3 is 0 Å². The average Bonchev–Trinajstić information content (AvgIpc) is 2.62. The molecule has 0 aromatic heterocycles. The monoisotopic (exact) mass is 472 g/mol. The summed E-state index contributed by atoms with van der Waals surface area (Å²) in [6.07, 6.45) is 4.76. The molecule has 0 bridgehead atoms. The first-order valence-electron chi connectivity index (χ1n) is 12.9. The summed E-state index contributed by atoms with van der Waals surface area (Å²) in [6.45, 7) is 17.1. The Hall–Kier alpha value is -1.18. The van der Waals surface area contributed by atoms with Gasteiger partial charge in [0.25, 0.3) is 0 Å². The van der Waals surface area contributed by atoms with Gasteiger partial charge in [-0.1, -0.05) is 20.8 Å². The van der Waals surface area contributed by atoms with E-state index < -0.39 is 0 Å². The van der Waals surface area contributed by atoms with Crippen molar-refractivity contribution in [1.82, 2.24) is 10.6 Å². The quantitative estimate of drug-likeness (QED) is 0.204. The molecule has 0 heterocycles. The number of hydrogen-bond acceptors (Lipinski definition) is 3. The van der Waals surface area contributed by atoms with Gasteiger partial charge in [-0.25, -0.2) is 0 Å². The molecule has 4 N–H and O–H groups in total. The second-order valence-corrected chi connectivity index (χ2v) is 12.7. The zero-order valence-electron chi connectivity index (χ0n) is 23.3. The third kappa shape index (κ3) is 18.9. The fourth-order valence-electron chi connectivity index (χ4n) is 3.87. The molecular weight excluding hydrogens is 416 g/mol. The van der Waals surface area contributed by atoms with Crippen molar-refractivity contribution in [2.24, 2.45) is 5.41 Å². The fourth-order valence-corrected chi connectivity index (χ4v) is 3.87. The van der Waals surface area contributed by atoms with E-state index in [0.717, 1.165) is 62.8 Å². The minimum atomic E-state index is -0.308. The molecule has 0 fully saturated rings. The summed E-state index contributed by atoms with van der Waals surface area (Å²) in [5, 5.41) is 16.3. The van der Waals surface area contributed by atoms with Gasteiger partial charge in [-0.05, 0) is 45.4 Å². The van der Waals surface area contributed by atoms with Crippen molar-refractivity contribution < 1.29 is 24.1 Å². The summed E-state index contributed by atoms with van der Waals surface area (Å²) in [7, 11) is 6.44. The molecule has 196 valence electrons. The van der Waals surface area contributed by atoms with Crippen molar-refractivity contribution in [3.63, 3.8) is 0 Å². The molecule has 0 radical (unpaired) electrons. The van der Waals surface area contributed by atoms with Gasteiger partial charge in [-0.15, -0.1) is 0 Å². The van der Waals surface area contributed by atoms with Crippen LogP contribution in [0, 0.1) is 5.41 Å².